The molecular weight excluding hydrogens is 536 g/mol. The average Bonchev–Trinajstić information content (AvgIpc) is 3.50. The van der Waals surface area contributed by atoms with Crippen LogP contribution in [-0.2, 0) is 20.9 Å². The summed E-state index contributed by atoms with van der Waals surface area (Å²) in [5, 5.41) is 4.60. The van der Waals surface area contributed by atoms with Gasteiger partial charge < -0.3 is 18.8 Å². The minimum absolute atomic E-state index is 0. The molecule has 4 aromatic rings. The summed E-state index contributed by atoms with van der Waals surface area (Å²) >= 11 is 0. The lowest BCUT2D eigenvalue weighted by Crippen LogP contribution is -2.47. The molecule has 4 heterocycles. The van der Waals surface area contributed by atoms with Gasteiger partial charge in [-0.15, -0.1) is 0 Å². The Bertz CT molecular complexity index is 1960. The zero-order valence-electron chi connectivity index (χ0n) is 27.0. The van der Waals surface area contributed by atoms with Crippen molar-refractivity contribution in [2.45, 2.75) is 92.1 Å². The number of carbonyl (C=O) groups excluding carboxylic acids is 2. The van der Waals surface area contributed by atoms with E-state index < -0.39 is 5.60 Å². The maximum atomic E-state index is 13.7. The molecule has 6 rings (SSSR count). The third-order valence-corrected chi connectivity index (χ3v) is 9.68. The number of aromatic nitrogens is 2. The summed E-state index contributed by atoms with van der Waals surface area (Å²) in [6.45, 7) is 18.7. The van der Waals surface area contributed by atoms with Crippen LogP contribution in [0.5, 0.6) is 0 Å². The molecule has 4 bridgehead atoms. The molecule has 1 N–H and O–H groups in total. The minimum Gasteiger partial charge on any atom is -0.369 e. The molecule has 3 atom stereocenters. The number of rotatable bonds is 3. The van der Waals surface area contributed by atoms with Crippen molar-refractivity contribution < 1.29 is 200 Å². The van der Waals surface area contributed by atoms with Crippen LogP contribution in [0.25, 0.3) is 33.0 Å². The van der Waals surface area contributed by atoms with Gasteiger partial charge >= 0.3 is 0 Å². The van der Waals surface area contributed by atoms with Crippen LogP contribution in [0, 0.1) is 20.8 Å². The summed E-state index contributed by atoms with van der Waals surface area (Å²) in [6, 6.07) is 13.0. The van der Waals surface area contributed by atoms with Gasteiger partial charge in [0.15, 0.2) is 0 Å². The molecule has 7 nitrogen and oxygen atoms in total. The third-order valence-electron chi connectivity index (χ3n) is 9.68. The van der Waals surface area contributed by atoms with Gasteiger partial charge in [-0.3, -0.25) is 14.9 Å². The average molecular weight is 843 g/mol. The van der Waals surface area contributed by atoms with E-state index in [4.69, 9.17) is 4.74 Å². The van der Waals surface area contributed by atoms with Crippen molar-refractivity contribution in [3.05, 3.63) is 70.5 Å². The Morgan fingerprint density at radius 2 is 1.70 bits per heavy atom. The van der Waals surface area contributed by atoms with Gasteiger partial charge in [0.1, 0.15) is 0 Å². The van der Waals surface area contributed by atoms with E-state index >= 15 is 0 Å². The van der Waals surface area contributed by atoms with E-state index in [2.05, 4.69) is 112 Å². The van der Waals surface area contributed by atoms with Gasteiger partial charge in [0.2, 0.25) is 0 Å². The Balaban J connectivity index is -0.00000000144. The second-order valence-electron chi connectivity index (χ2n) is 13.5. The van der Waals surface area contributed by atoms with Gasteiger partial charge in [-0.25, -0.2) is 0 Å². The number of ether oxygens (including phenoxy) is 1. The zero-order valence-corrected chi connectivity index (χ0v) is 27.0. The zero-order chi connectivity index (χ0) is 31.0. The Morgan fingerprint density at radius 3 is 2.42 bits per heavy atom. The lowest BCUT2D eigenvalue weighted by molar-refractivity contribution is -0.122. The van der Waals surface area contributed by atoms with Crippen LogP contribution >= 0.6 is 0 Å². The Kier molecular flexibility index (Phi) is 7.17. The first-order valence-electron chi connectivity index (χ1n) is 15.5. The summed E-state index contributed by atoms with van der Waals surface area (Å²) in [5.41, 5.74) is 7.48. The molecule has 2 aromatic heterocycles. The van der Waals surface area contributed by atoms with E-state index in [0.717, 1.165) is 57.2 Å². The third kappa shape index (κ3) is 4.83. The van der Waals surface area contributed by atoms with Gasteiger partial charge in [-0.1, -0.05) is 18.2 Å². The van der Waals surface area contributed by atoms with Crippen LogP contribution in [0.2, 0.25) is 0 Å². The standard InChI is InChI=1S/C36H44N4O3.130H2/c1-20(2)38(9)19-36(8)16-23(5)40-25(7)31(26-12-10-11-13-29(26)40)33-32(34(41)37-35(33)42)28-18-39(17-24(6)43-36)30-15-22(4)21(3)14-27(28)30;;;;;;;;;;;;;;;;;;;;;;;;;;;;;;;;;;;;;;;;;;;;;;;;;;;;;;;;;;;;;;;;;;;;;;;;;;;;;;;;;;;;;;;;;;;;;;;;;;;;;;;;;;;;;;;;;;;;;;;;;;;;;;;;;;/h10-15,18,20,23-24H,16-17,19H2,1-9H3,(H,37,41,42);130*1H/t23?,24?,36-;;;;;;;;;;;;;;;;;;;;;;;;;;;;;;;;;;;;;;;;;;;;;;;;;;;;;;;;;;;;;;;;;;;;;;;;;;;;;;;;;;;;;;;;;;;;;;;;;;;;;;;;;;;;;;;;;;;;;;;;;;;;;;;;;;/m0................................................................................................................................../s1. The second-order valence-corrected chi connectivity index (χ2v) is 13.5. The Morgan fingerprint density at radius 1 is 1.02 bits per heavy atom. The van der Waals surface area contributed by atoms with E-state index in [1.54, 1.807) is 0 Å². The summed E-state index contributed by atoms with van der Waals surface area (Å²) in [4.78, 5) is 29.7. The number of nitrogens with zero attached hydrogens (tertiary/aromatic N) is 3. The molecule has 2 aliphatic rings. The number of likely N-dealkylation sites (N-methyl/N-ethyl adjacent to an activating group) is 1. The highest BCUT2D eigenvalue weighted by Crippen LogP contribution is 2.43. The maximum Gasteiger partial charge on any atom is 0.259 e. The Labute approximate surface area is 447 Å². The van der Waals surface area contributed by atoms with Crippen molar-refractivity contribution in [3.8, 4) is 0 Å². The number of carbonyl (C=O) groups is 2. The van der Waals surface area contributed by atoms with Crippen LogP contribution < -0.4 is 5.32 Å². The van der Waals surface area contributed by atoms with Crippen LogP contribution in [0.1, 0.15) is 260 Å². The molecule has 0 aliphatic carbocycles. The predicted octanol–water partition coefficient (Wildman–Crippen LogP) is 38.5. The second kappa shape index (κ2) is 10.5. The fourth-order valence-corrected chi connectivity index (χ4v) is 7.50. The highest BCUT2D eigenvalue weighted by atomic mass is 16.5. The van der Waals surface area contributed by atoms with E-state index in [1.165, 1.54) is 5.56 Å². The van der Waals surface area contributed by atoms with Crippen LogP contribution in [0.15, 0.2) is 42.6 Å². The lowest BCUT2D eigenvalue weighted by atomic mass is 9.93. The van der Waals surface area contributed by atoms with Gasteiger partial charge in [-0.2, -0.15) is 0 Å². The molecule has 2 aromatic carbocycles. The van der Waals surface area contributed by atoms with Gasteiger partial charge in [0, 0.05) is 255 Å². The monoisotopic (exact) mass is 842 g/mol. The molecule has 2 unspecified atom stereocenters. The smallest absolute Gasteiger partial charge is 0.259 e. The van der Waals surface area contributed by atoms with Crippen molar-refractivity contribution in [2.24, 2.45) is 0 Å². The Hall–Kier alpha value is -3.68. The van der Waals surface area contributed by atoms with Crippen molar-refractivity contribution >= 4 is 44.8 Å². The summed E-state index contributed by atoms with van der Waals surface area (Å²) in [7, 11) is 2.16. The predicted molar refractivity (Wildman–Crippen MR) is 449 cm³/mol. The molecule has 7 heteroatoms. The first kappa shape index (κ1) is 29.4. The molecule has 0 saturated carbocycles. The van der Waals surface area contributed by atoms with E-state index in [0.29, 0.717) is 23.7 Å². The van der Waals surface area contributed by atoms with Crippen LogP contribution in [0.3, 0.4) is 0 Å². The normalized spacial score (nSPS) is 23.0. The summed E-state index contributed by atoms with van der Waals surface area (Å²) in [6.07, 6.45) is 2.73. The lowest BCUT2D eigenvalue weighted by Gasteiger charge is -2.40. The fraction of sp³-hybridized carbons (Fsp3) is 0.444. The topological polar surface area (TPSA) is 68.5 Å². The van der Waals surface area contributed by atoms with E-state index in [1.807, 2.05) is 12.1 Å². The number of para-hydroxylation sites is 1. The fourth-order valence-electron chi connectivity index (χ4n) is 7.50. The van der Waals surface area contributed by atoms with Crippen LogP contribution in [0.4, 0.5) is 0 Å². The van der Waals surface area contributed by atoms with Gasteiger partial charge in [-0.05, 0) is 98.2 Å². The molecule has 2 aliphatic heterocycles. The van der Waals surface area contributed by atoms with Gasteiger partial charge in [0.05, 0.1) is 22.9 Å². The molecular formula is C36H304N4O3. The van der Waals surface area contributed by atoms with Gasteiger partial charge in [0.25, 0.3) is 11.8 Å². The van der Waals surface area contributed by atoms with E-state index in [-0.39, 0.29) is 209 Å². The number of imide groups is 1. The van der Waals surface area contributed by atoms with Crippen molar-refractivity contribution in [2.75, 3.05) is 13.6 Å². The maximum absolute atomic E-state index is 13.7. The number of nitrogens with one attached hydrogen (secondary N) is 1. The summed E-state index contributed by atoms with van der Waals surface area (Å²) in [5.74, 6) is -0.683. The number of aryl methyl sites for hydroxylation is 2. The number of fused-ring (bicyclic) bond motifs is 12. The van der Waals surface area contributed by atoms with E-state index in [9.17, 15) is 9.59 Å². The van der Waals surface area contributed by atoms with Crippen LogP contribution in [-0.4, -0.2) is 57.2 Å². The quantitative estimate of drug-likeness (QED) is 0.209. The number of hydrogen-bond acceptors (Lipinski definition) is 4. The highest BCUT2D eigenvalue weighted by molar-refractivity contribution is 6.51. The first-order chi connectivity index (χ1) is 20.3. The largest absolute Gasteiger partial charge is 0.369 e. The molecule has 2 amide bonds. The minimum atomic E-state index is -0.441. The number of benzene rings is 2. The molecule has 0 fully saturated rings. The molecule has 0 saturated heterocycles. The van der Waals surface area contributed by atoms with Crippen molar-refractivity contribution in [1.29, 1.82) is 0 Å². The SMILES string of the molecule is Cc1cc2c3cn(c2cc1C)CC(C)O[C@](C)(CN(C)C(C)C)CC(C)n1c(C)c(c2ccccc21)C1=C3C(=O)NC1=O.[HH].[HH].[HH].[HH].[HH].[HH].[HH].[HH].[HH].[HH].[HH].[HH].[HH].[HH].[HH].[HH].[HH].[HH].[HH].[HH].[HH].[HH].[HH].[HH].[HH].[HH].[HH].[HH].[HH].[HH].[HH].[HH].[HH].[HH].[HH].[HH].[HH].[HH].[HH].[HH].[HH].[HH].[HH].[HH].[HH].[HH].[HH].[HH].[HH].[HH].[HH].[HH].[HH].[HH].[HH].[HH].[HH].[HH].[HH].[HH].[HH].[HH].[HH].[HH].[HH].[HH].[HH].[HH].[HH].[HH].[HH].[HH].[HH].[HH].[HH].[HH].[HH].[HH].[HH].[HH].[HH].[HH].[HH].[HH].[HH].[HH].[HH].[HH].[HH].[HH].[HH].[HH].[HH].[HH].[HH].[HH].[HH].[HH].[HH].[HH].[HH].[HH].[HH].[HH].[HH].[HH].[HH].[HH].[HH].[HH].[HH].[HH].[HH].[HH].[HH].[HH].[HH].[HH].[HH].[HH].[HH].[HH].[HH].[HH].[HH].[HH].[HH].[HH].[HH].[HH]. The van der Waals surface area contributed by atoms with Crippen molar-refractivity contribution in [1.82, 2.24) is 19.4 Å². The number of amides is 2. The van der Waals surface area contributed by atoms with Crippen molar-refractivity contribution in [3.63, 3.8) is 0 Å². The molecule has 486 valence electrons. The summed E-state index contributed by atoms with van der Waals surface area (Å²) < 4.78 is 11.6. The molecule has 0 radical (unpaired) electrons. The molecule has 0 spiro atoms. The molecule has 43 heavy (non-hydrogen) atoms. The first-order valence-corrected chi connectivity index (χ1v) is 15.5. The number of hydrogen-bond donors (Lipinski definition) is 1. The highest BCUT2D eigenvalue weighted by Gasteiger charge is 2.39.